The van der Waals surface area contributed by atoms with Gasteiger partial charge < -0.3 is 5.32 Å². The number of fused-ring (bicyclic) bond motifs is 1. The highest BCUT2D eigenvalue weighted by Gasteiger charge is 2.41. The van der Waals surface area contributed by atoms with Crippen molar-refractivity contribution in [2.45, 2.75) is 30.2 Å². The van der Waals surface area contributed by atoms with E-state index in [2.05, 4.69) is 26.6 Å². The molecule has 24 heavy (non-hydrogen) atoms. The van der Waals surface area contributed by atoms with Gasteiger partial charge in [0.1, 0.15) is 0 Å². The lowest BCUT2D eigenvalue weighted by Crippen LogP contribution is -2.34. The molecular weight excluding hydrogens is 335 g/mol. The molecule has 0 unspecified atom stereocenters. The number of rotatable bonds is 5. The van der Waals surface area contributed by atoms with Gasteiger partial charge in [0.05, 0.1) is 22.1 Å². The van der Waals surface area contributed by atoms with E-state index in [1.807, 2.05) is 6.92 Å². The first kappa shape index (κ1) is 16.5. The van der Waals surface area contributed by atoms with Gasteiger partial charge in [-0.25, -0.2) is 22.5 Å². The number of carbonyl (C=O) groups excluding carboxylic acids is 1. The third-order valence-corrected chi connectivity index (χ3v) is 5.33. The quantitative estimate of drug-likeness (QED) is 0.802. The zero-order valence-corrected chi connectivity index (χ0v) is 13.7. The van der Waals surface area contributed by atoms with Crippen LogP contribution >= 0.6 is 0 Å². The number of sulfonamides is 1. The van der Waals surface area contributed by atoms with Crippen LogP contribution in [0.2, 0.25) is 0 Å². The van der Waals surface area contributed by atoms with Crippen LogP contribution in [-0.4, -0.2) is 29.8 Å². The third-order valence-electron chi connectivity index (χ3n) is 3.69. The van der Waals surface area contributed by atoms with Crippen LogP contribution in [0.3, 0.4) is 0 Å². The Morgan fingerprint density at radius 3 is 2.67 bits per heavy atom. The SMILES string of the molecule is C=C(F)C(=O)Nc1cnc2ccc(S(=O)(=O)NC3(C)CC3)cc2n1. The molecule has 1 heterocycles. The average Bonchev–Trinajstić information content (AvgIpc) is 3.22. The Balaban J connectivity index is 1.94. The van der Waals surface area contributed by atoms with Crippen LogP contribution in [0.4, 0.5) is 10.2 Å². The molecule has 1 fully saturated rings. The Kier molecular flexibility index (Phi) is 3.84. The molecule has 1 aliphatic carbocycles. The molecule has 7 nitrogen and oxygen atoms in total. The number of carbonyl (C=O) groups is 1. The van der Waals surface area contributed by atoms with Gasteiger partial charge in [-0.2, -0.15) is 0 Å². The van der Waals surface area contributed by atoms with Gasteiger partial charge in [0, 0.05) is 5.54 Å². The lowest BCUT2D eigenvalue weighted by atomic mass is 10.3. The van der Waals surface area contributed by atoms with Crippen LogP contribution in [0, 0.1) is 0 Å². The number of nitrogens with zero attached hydrogens (tertiary/aromatic N) is 2. The zero-order chi connectivity index (χ0) is 17.5. The van der Waals surface area contributed by atoms with Crippen molar-refractivity contribution in [1.29, 1.82) is 0 Å². The van der Waals surface area contributed by atoms with Crippen molar-refractivity contribution in [2.75, 3.05) is 5.32 Å². The smallest absolute Gasteiger partial charge is 0.284 e. The summed E-state index contributed by atoms with van der Waals surface area (Å²) in [5.41, 5.74) is 0.321. The van der Waals surface area contributed by atoms with E-state index in [0.717, 1.165) is 12.8 Å². The van der Waals surface area contributed by atoms with Gasteiger partial charge in [-0.3, -0.25) is 9.78 Å². The zero-order valence-electron chi connectivity index (χ0n) is 12.8. The van der Waals surface area contributed by atoms with Crippen molar-refractivity contribution in [3.63, 3.8) is 0 Å². The van der Waals surface area contributed by atoms with E-state index in [1.165, 1.54) is 24.4 Å². The third kappa shape index (κ3) is 3.41. The van der Waals surface area contributed by atoms with Crippen LogP contribution < -0.4 is 10.0 Å². The van der Waals surface area contributed by atoms with Gasteiger partial charge in [-0.1, -0.05) is 6.58 Å². The molecule has 0 spiro atoms. The van der Waals surface area contributed by atoms with Crippen LogP contribution in [0.5, 0.6) is 0 Å². The molecule has 0 bridgehead atoms. The maximum absolute atomic E-state index is 12.7. The average molecular weight is 350 g/mol. The van der Waals surface area contributed by atoms with Gasteiger partial charge in [0.15, 0.2) is 11.6 Å². The molecule has 2 aromatic rings. The van der Waals surface area contributed by atoms with Crippen molar-refractivity contribution < 1.29 is 17.6 Å². The second kappa shape index (κ2) is 5.60. The van der Waals surface area contributed by atoms with Crippen LogP contribution in [0.1, 0.15) is 19.8 Å². The van der Waals surface area contributed by atoms with Crippen molar-refractivity contribution in [3.8, 4) is 0 Å². The minimum absolute atomic E-state index is 0.00274. The molecule has 3 rings (SSSR count). The molecule has 2 N–H and O–H groups in total. The number of hydrogen-bond acceptors (Lipinski definition) is 5. The highest BCUT2D eigenvalue weighted by Crippen LogP contribution is 2.36. The van der Waals surface area contributed by atoms with Crippen LogP contribution in [-0.2, 0) is 14.8 Å². The fourth-order valence-corrected chi connectivity index (χ4v) is 3.56. The number of hydrogen-bond donors (Lipinski definition) is 2. The summed E-state index contributed by atoms with van der Waals surface area (Å²) in [4.78, 5) is 19.5. The lowest BCUT2D eigenvalue weighted by Gasteiger charge is -2.12. The van der Waals surface area contributed by atoms with E-state index < -0.39 is 27.3 Å². The van der Waals surface area contributed by atoms with E-state index in [1.54, 1.807) is 0 Å². The molecule has 1 aliphatic rings. The van der Waals surface area contributed by atoms with E-state index in [0.29, 0.717) is 5.52 Å². The minimum Gasteiger partial charge on any atom is -0.303 e. The summed E-state index contributed by atoms with van der Waals surface area (Å²) in [6.45, 7) is 4.72. The largest absolute Gasteiger partial charge is 0.303 e. The van der Waals surface area contributed by atoms with Crippen molar-refractivity contribution in [2.24, 2.45) is 0 Å². The molecule has 126 valence electrons. The summed E-state index contributed by atoms with van der Waals surface area (Å²) < 4.78 is 40.2. The second-order valence-corrected chi connectivity index (χ2v) is 7.61. The Morgan fingerprint density at radius 2 is 2.04 bits per heavy atom. The number of benzene rings is 1. The van der Waals surface area contributed by atoms with E-state index in [-0.39, 0.29) is 16.2 Å². The van der Waals surface area contributed by atoms with Gasteiger partial charge >= 0.3 is 0 Å². The Labute approximate surface area is 138 Å². The van der Waals surface area contributed by atoms with E-state index in [4.69, 9.17) is 0 Å². The molecule has 1 saturated carbocycles. The fourth-order valence-electron chi connectivity index (χ4n) is 2.08. The van der Waals surface area contributed by atoms with Gasteiger partial charge in [0.25, 0.3) is 5.91 Å². The van der Waals surface area contributed by atoms with Gasteiger partial charge in [-0.15, -0.1) is 0 Å². The Bertz CT molecular complexity index is 954. The Morgan fingerprint density at radius 1 is 1.33 bits per heavy atom. The molecule has 0 radical (unpaired) electrons. The topological polar surface area (TPSA) is 101 Å². The maximum Gasteiger partial charge on any atom is 0.284 e. The van der Waals surface area contributed by atoms with Crippen molar-refractivity contribution in [3.05, 3.63) is 36.8 Å². The predicted octanol–water partition coefficient (Wildman–Crippen LogP) is 1.88. The summed E-state index contributed by atoms with van der Waals surface area (Å²) in [6.07, 6.45) is 2.84. The number of halogens is 1. The first-order chi connectivity index (χ1) is 11.2. The van der Waals surface area contributed by atoms with Crippen molar-refractivity contribution >= 4 is 32.8 Å². The highest BCUT2D eigenvalue weighted by molar-refractivity contribution is 7.89. The summed E-state index contributed by atoms with van der Waals surface area (Å²) in [7, 11) is -3.68. The number of amides is 1. The molecule has 1 aromatic heterocycles. The van der Waals surface area contributed by atoms with Crippen molar-refractivity contribution in [1.82, 2.24) is 14.7 Å². The van der Waals surface area contributed by atoms with E-state index in [9.17, 15) is 17.6 Å². The molecule has 0 aliphatic heterocycles. The van der Waals surface area contributed by atoms with Crippen LogP contribution in [0.15, 0.2) is 41.7 Å². The predicted molar refractivity (Wildman–Crippen MR) is 86.4 cm³/mol. The number of anilines is 1. The Hall–Kier alpha value is -2.39. The maximum atomic E-state index is 12.7. The highest BCUT2D eigenvalue weighted by atomic mass is 32.2. The van der Waals surface area contributed by atoms with Gasteiger partial charge in [-0.05, 0) is 38.0 Å². The second-order valence-electron chi connectivity index (χ2n) is 5.93. The summed E-state index contributed by atoms with van der Waals surface area (Å²) in [5, 5.41) is 2.19. The molecule has 9 heteroatoms. The number of aromatic nitrogens is 2. The summed E-state index contributed by atoms with van der Waals surface area (Å²) in [6, 6.07) is 4.31. The first-order valence-electron chi connectivity index (χ1n) is 7.15. The standard InChI is InChI=1S/C15H15FN4O3S/c1-9(16)14(21)19-13-8-17-11-4-3-10(7-12(11)18-13)24(22,23)20-15(2)5-6-15/h3-4,7-8,20H,1,5-6H2,2H3,(H,18,19,21). The summed E-state index contributed by atoms with van der Waals surface area (Å²) in [5.74, 6) is -2.19. The minimum atomic E-state index is -3.68. The lowest BCUT2D eigenvalue weighted by molar-refractivity contribution is -0.114. The summed E-state index contributed by atoms with van der Waals surface area (Å²) >= 11 is 0. The van der Waals surface area contributed by atoms with E-state index >= 15 is 0 Å². The molecular formula is C15H15FN4O3S. The first-order valence-corrected chi connectivity index (χ1v) is 8.63. The number of nitrogens with one attached hydrogen (secondary N) is 2. The molecule has 0 atom stereocenters. The molecule has 1 aromatic carbocycles. The normalized spacial score (nSPS) is 15.9. The molecule has 0 saturated heterocycles. The fraction of sp³-hybridized carbons (Fsp3) is 0.267. The molecule has 1 amide bonds. The monoisotopic (exact) mass is 350 g/mol. The van der Waals surface area contributed by atoms with Crippen LogP contribution in [0.25, 0.3) is 11.0 Å². The van der Waals surface area contributed by atoms with Gasteiger partial charge in [0.2, 0.25) is 10.0 Å².